The van der Waals surface area contributed by atoms with Crippen LogP contribution in [0.3, 0.4) is 0 Å². The molecule has 0 aliphatic rings. The molecule has 0 aliphatic carbocycles. The Kier molecular flexibility index (Phi) is 5.78. The fraction of sp³-hybridized carbons (Fsp3) is 0.167. The smallest absolute Gasteiger partial charge is 0.449 e. The molecule has 0 spiro atoms. The van der Waals surface area contributed by atoms with Gasteiger partial charge in [-0.2, -0.15) is 0 Å². The summed E-state index contributed by atoms with van der Waals surface area (Å²) in [7, 11) is 0. The van der Waals surface area contributed by atoms with Gasteiger partial charge in [0.1, 0.15) is 11.5 Å². The molecule has 3 rings (SSSR count). The lowest BCUT2D eigenvalue weighted by atomic mass is 9.85. The second-order valence-electron chi connectivity index (χ2n) is 7.74. The van der Waals surface area contributed by atoms with Crippen molar-refractivity contribution in [3.8, 4) is 33.8 Å². The summed E-state index contributed by atoms with van der Waals surface area (Å²) in [4.78, 5) is 22.4. The Hall–Kier alpha value is -3.80. The minimum Gasteiger partial charge on any atom is -0.449 e. The molecule has 6 heteroatoms. The highest BCUT2D eigenvalue weighted by Crippen LogP contribution is 2.42. The minimum absolute atomic E-state index is 0.185. The molecule has 0 fully saturated rings. The van der Waals surface area contributed by atoms with Gasteiger partial charge in [-0.25, -0.2) is 9.59 Å². The Balaban J connectivity index is 2.22. The Morgan fingerprint density at radius 3 is 1.67 bits per heavy atom. The summed E-state index contributed by atoms with van der Waals surface area (Å²) in [5, 5.41) is 18.3. The first-order chi connectivity index (χ1) is 14.2. The number of rotatable bonds is 4. The molecular formula is C24H22O6. The van der Waals surface area contributed by atoms with Crippen molar-refractivity contribution in [3.05, 3.63) is 72.3 Å². The number of hydrogen-bond donors (Lipinski definition) is 2. The van der Waals surface area contributed by atoms with E-state index in [-0.39, 0.29) is 16.9 Å². The second-order valence-corrected chi connectivity index (χ2v) is 7.74. The van der Waals surface area contributed by atoms with E-state index in [2.05, 4.69) is 0 Å². The summed E-state index contributed by atoms with van der Waals surface area (Å²) >= 11 is 0. The molecule has 154 valence electrons. The van der Waals surface area contributed by atoms with E-state index < -0.39 is 12.3 Å². The highest BCUT2D eigenvalue weighted by atomic mass is 16.7. The molecule has 0 bridgehead atoms. The van der Waals surface area contributed by atoms with Crippen LogP contribution in [0.1, 0.15) is 26.3 Å². The molecule has 0 aliphatic heterocycles. The van der Waals surface area contributed by atoms with Crippen LogP contribution in [0.5, 0.6) is 11.5 Å². The molecule has 0 atom stereocenters. The lowest BCUT2D eigenvalue weighted by Gasteiger charge is -2.21. The van der Waals surface area contributed by atoms with Crippen molar-refractivity contribution in [2.24, 2.45) is 0 Å². The van der Waals surface area contributed by atoms with Crippen molar-refractivity contribution >= 4 is 12.3 Å². The van der Waals surface area contributed by atoms with Crippen molar-refractivity contribution < 1.29 is 29.3 Å². The molecule has 0 aromatic heterocycles. The van der Waals surface area contributed by atoms with Crippen molar-refractivity contribution in [3.63, 3.8) is 0 Å². The van der Waals surface area contributed by atoms with Gasteiger partial charge in [0.05, 0.1) is 0 Å². The van der Waals surface area contributed by atoms with E-state index in [0.29, 0.717) is 22.3 Å². The molecule has 3 aromatic carbocycles. The number of hydrogen-bond acceptors (Lipinski definition) is 4. The van der Waals surface area contributed by atoms with E-state index in [1.54, 1.807) is 30.3 Å². The number of para-hydroxylation sites is 1. The summed E-state index contributed by atoms with van der Waals surface area (Å²) < 4.78 is 10.1. The zero-order chi connectivity index (χ0) is 21.9. The predicted molar refractivity (Wildman–Crippen MR) is 113 cm³/mol. The molecule has 0 saturated heterocycles. The first-order valence-electron chi connectivity index (χ1n) is 9.31. The molecule has 0 heterocycles. The van der Waals surface area contributed by atoms with Gasteiger partial charge in [-0.05, 0) is 34.2 Å². The van der Waals surface area contributed by atoms with Gasteiger partial charge >= 0.3 is 12.3 Å². The van der Waals surface area contributed by atoms with Gasteiger partial charge in [0.2, 0.25) is 0 Å². The second kappa shape index (κ2) is 8.29. The van der Waals surface area contributed by atoms with Gasteiger partial charge in [-0.15, -0.1) is 0 Å². The first kappa shape index (κ1) is 20.9. The Morgan fingerprint density at radius 1 is 0.667 bits per heavy atom. The lowest BCUT2D eigenvalue weighted by Crippen LogP contribution is -2.12. The summed E-state index contributed by atoms with van der Waals surface area (Å²) in [6.45, 7) is 6.08. The van der Waals surface area contributed by atoms with Gasteiger partial charge in [-0.1, -0.05) is 75.4 Å². The van der Waals surface area contributed by atoms with E-state index in [1.165, 1.54) is 0 Å². The van der Waals surface area contributed by atoms with Crippen LogP contribution >= 0.6 is 0 Å². The fourth-order valence-electron chi connectivity index (χ4n) is 3.21. The van der Waals surface area contributed by atoms with E-state index in [0.717, 1.165) is 5.56 Å². The van der Waals surface area contributed by atoms with Crippen LogP contribution in [0.2, 0.25) is 0 Å². The van der Waals surface area contributed by atoms with Crippen LogP contribution in [-0.2, 0) is 5.41 Å². The van der Waals surface area contributed by atoms with Crippen LogP contribution in [-0.4, -0.2) is 22.5 Å². The SMILES string of the molecule is CC(C)(C)c1ccc(-c2ccccc2-c2ccccc2OC(=O)O)c(OC(=O)O)c1. The van der Waals surface area contributed by atoms with Gasteiger partial charge < -0.3 is 19.7 Å². The maximum Gasteiger partial charge on any atom is 0.511 e. The molecule has 2 N–H and O–H groups in total. The monoisotopic (exact) mass is 406 g/mol. The van der Waals surface area contributed by atoms with E-state index >= 15 is 0 Å². The molecule has 0 unspecified atom stereocenters. The highest BCUT2D eigenvalue weighted by molar-refractivity contribution is 5.89. The average molecular weight is 406 g/mol. The molecule has 0 radical (unpaired) electrons. The number of carboxylic acid groups (broad SMARTS) is 2. The van der Waals surface area contributed by atoms with Gasteiger partial charge in [0, 0.05) is 11.1 Å². The Bertz CT molecular complexity index is 1090. The van der Waals surface area contributed by atoms with Gasteiger partial charge in [0.15, 0.2) is 0 Å². The Labute approximate surface area is 174 Å². The van der Waals surface area contributed by atoms with Gasteiger partial charge in [-0.3, -0.25) is 0 Å². The molecule has 6 nitrogen and oxygen atoms in total. The molecule has 0 amide bonds. The Morgan fingerprint density at radius 2 is 1.13 bits per heavy atom. The van der Waals surface area contributed by atoms with E-state index in [9.17, 15) is 14.7 Å². The van der Waals surface area contributed by atoms with E-state index in [4.69, 9.17) is 14.6 Å². The van der Waals surface area contributed by atoms with Crippen molar-refractivity contribution in [2.45, 2.75) is 26.2 Å². The minimum atomic E-state index is -1.41. The van der Waals surface area contributed by atoms with Crippen LogP contribution < -0.4 is 9.47 Å². The number of carbonyl (C=O) groups is 2. The molecule has 3 aromatic rings. The zero-order valence-electron chi connectivity index (χ0n) is 16.9. The number of ether oxygens (including phenoxy) is 2. The molecular weight excluding hydrogens is 384 g/mol. The first-order valence-corrected chi connectivity index (χ1v) is 9.31. The quantitative estimate of drug-likeness (QED) is 0.383. The largest absolute Gasteiger partial charge is 0.511 e. The standard InChI is InChI=1S/C24H22O6/c1-24(2,3)15-12-13-19(21(14-15)30-23(27)28)17-9-5-4-8-16(17)18-10-6-7-11-20(18)29-22(25)26/h4-14H,1-3H3,(H,25,26)(H,27,28). The summed E-state index contributed by atoms with van der Waals surface area (Å²) in [6.07, 6.45) is -2.82. The predicted octanol–water partition coefficient (Wildman–Crippen LogP) is 6.43. The van der Waals surface area contributed by atoms with Crippen molar-refractivity contribution in [1.29, 1.82) is 0 Å². The normalized spacial score (nSPS) is 11.0. The third kappa shape index (κ3) is 4.60. The third-order valence-corrected chi connectivity index (χ3v) is 4.64. The maximum absolute atomic E-state index is 11.3. The summed E-state index contributed by atoms with van der Waals surface area (Å²) in [5.41, 5.74) is 3.25. The third-order valence-electron chi connectivity index (χ3n) is 4.64. The van der Waals surface area contributed by atoms with Crippen LogP contribution in [0.15, 0.2) is 66.7 Å². The maximum atomic E-state index is 11.3. The van der Waals surface area contributed by atoms with Crippen LogP contribution in [0.25, 0.3) is 22.3 Å². The van der Waals surface area contributed by atoms with Crippen LogP contribution in [0.4, 0.5) is 9.59 Å². The topological polar surface area (TPSA) is 93.1 Å². The van der Waals surface area contributed by atoms with Gasteiger partial charge in [0.25, 0.3) is 0 Å². The van der Waals surface area contributed by atoms with E-state index in [1.807, 2.05) is 57.2 Å². The average Bonchev–Trinajstić information content (AvgIpc) is 2.67. The summed E-state index contributed by atoms with van der Waals surface area (Å²) in [5.74, 6) is 0.392. The van der Waals surface area contributed by atoms with Crippen molar-refractivity contribution in [1.82, 2.24) is 0 Å². The molecule has 30 heavy (non-hydrogen) atoms. The lowest BCUT2D eigenvalue weighted by molar-refractivity contribution is 0.143. The zero-order valence-corrected chi connectivity index (χ0v) is 16.9. The summed E-state index contributed by atoms with van der Waals surface area (Å²) in [6, 6.07) is 19.5. The number of benzene rings is 3. The van der Waals surface area contributed by atoms with Crippen LogP contribution in [0, 0.1) is 0 Å². The highest BCUT2D eigenvalue weighted by Gasteiger charge is 2.21. The molecule has 0 saturated carbocycles. The fourth-order valence-corrected chi connectivity index (χ4v) is 3.21. The van der Waals surface area contributed by atoms with Crippen molar-refractivity contribution in [2.75, 3.05) is 0 Å².